The van der Waals surface area contributed by atoms with Crippen molar-refractivity contribution in [3.63, 3.8) is 0 Å². The fraction of sp³-hybridized carbons (Fsp3) is 0. The number of benzene rings is 6. The first-order valence-electron chi connectivity index (χ1n) is 12.9. The van der Waals surface area contributed by atoms with Crippen LogP contribution >= 0.6 is 11.6 Å². The Morgan fingerprint density at radius 1 is 0.575 bits per heavy atom. The molecule has 0 unspecified atom stereocenters. The van der Waals surface area contributed by atoms with Crippen molar-refractivity contribution in [2.75, 3.05) is 0 Å². The maximum atomic E-state index is 9.65. The van der Waals surface area contributed by atoms with Crippen LogP contribution in [-0.2, 0) is 0 Å². The van der Waals surface area contributed by atoms with Crippen molar-refractivity contribution in [2.24, 2.45) is 0 Å². The van der Waals surface area contributed by atoms with Crippen LogP contribution in [0, 0.1) is 11.3 Å². The second-order valence-electron chi connectivity index (χ2n) is 9.85. The quantitative estimate of drug-likeness (QED) is 0.164. The van der Waals surface area contributed by atoms with Crippen molar-refractivity contribution in [2.45, 2.75) is 0 Å². The lowest BCUT2D eigenvalue weighted by atomic mass is 9.91. The number of aromatic nitrogens is 2. The van der Waals surface area contributed by atoms with Crippen LogP contribution in [0.25, 0.3) is 76.6 Å². The molecule has 4 nitrogen and oxygen atoms in total. The highest BCUT2D eigenvalue weighted by atomic mass is 35.5. The molecule has 2 heterocycles. The third-order valence-corrected chi connectivity index (χ3v) is 7.86. The van der Waals surface area contributed by atoms with Gasteiger partial charge in [0.05, 0.1) is 5.39 Å². The Morgan fingerprint density at radius 3 is 1.90 bits per heavy atom. The molecule has 0 bridgehead atoms. The predicted molar refractivity (Wildman–Crippen MR) is 162 cm³/mol. The van der Waals surface area contributed by atoms with Gasteiger partial charge in [-0.2, -0.15) is 10.2 Å². The molecule has 186 valence electrons. The van der Waals surface area contributed by atoms with Crippen LogP contribution in [0.3, 0.4) is 0 Å². The van der Waals surface area contributed by atoms with E-state index in [1.54, 1.807) is 0 Å². The first-order chi connectivity index (χ1) is 19.7. The third kappa shape index (κ3) is 3.32. The lowest BCUT2D eigenvalue weighted by Gasteiger charge is -2.12. The molecule has 40 heavy (non-hydrogen) atoms. The second kappa shape index (κ2) is 8.64. The van der Waals surface area contributed by atoms with Gasteiger partial charge in [0.15, 0.2) is 5.69 Å². The highest BCUT2D eigenvalue weighted by Gasteiger charge is 2.18. The van der Waals surface area contributed by atoms with Gasteiger partial charge < -0.3 is 4.42 Å². The van der Waals surface area contributed by atoms with Gasteiger partial charge in [-0.3, -0.25) is 0 Å². The van der Waals surface area contributed by atoms with E-state index in [1.165, 1.54) is 32.3 Å². The van der Waals surface area contributed by atoms with E-state index in [2.05, 4.69) is 107 Å². The molecule has 0 aliphatic rings. The van der Waals surface area contributed by atoms with Crippen molar-refractivity contribution in [3.8, 4) is 28.3 Å². The van der Waals surface area contributed by atoms with Gasteiger partial charge in [0, 0.05) is 10.9 Å². The summed E-state index contributed by atoms with van der Waals surface area (Å²) in [6, 6.07) is 40.4. The highest BCUT2D eigenvalue weighted by molar-refractivity contribution is 6.29. The van der Waals surface area contributed by atoms with E-state index in [0.717, 1.165) is 27.6 Å². The van der Waals surface area contributed by atoms with E-state index in [-0.39, 0.29) is 11.0 Å². The maximum Gasteiger partial charge on any atom is 0.233 e. The molecule has 0 aliphatic carbocycles. The van der Waals surface area contributed by atoms with E-state index in [0.29, 0.717) is 16.7 Å². The largest absolute Gasteiger partial charge is 0.437 e. The lowest BCUT2D eigenvalue weighted by Crippen LogP contribution is -1.88. The van der Waals surface area contributed by atoms with Crippen LogP contribution < -0.4 is 0 Å². The summed E-state index contributed by atoms with van der Waals surface area (Å²) in [6.07, 6.45) is 0. The Kier molecular flexibility index (Phi) is 4.91. The molecule has 2 aromatic heterocycles. The Labute approximate surface area is 233 Å². The monoisotopic (exact) mass is 531 g/mol. The minimum atomic E-state index is -0.0109. The van der Waals surface area contributed by atoms with Crippen LogP contribution in [0.4, 0.5) is 0 Å². The number of hydrogen-bond donors (Lipinski definition) is 0. The van der Waals surface area contributed by atoms with Gasteiger partial charge in [-0.15, -0.1) is 0 Å². The lowest BCUT2D eigenvalue weighted by molar-refractivity contribution is 0.653. The average Bonchev–Trinajstić information content (AvgIpc) is 3.39. The van der Waals surface area contributed by atoms with Gasteiger partial charge in [-0.05, 0) is 72.7 Å². The van der Waals surface area contributed by atoms with Crippen molar-refractivity contribution < 1.29 is 4.42 Å². The van der Waals surface area contributed by atoms with Gasteiger partial charge in [0.2, 0.25) is 11.0 Å². The second-order valence-corrected chi connectivity index (χ2v) is 10.2. The van der Waals surface area contributed by atoms with Crippen molar-refractivity contribution in [1.29, 1.82) is 5.26 Å². The zero-order chi connectivity index (χ0) is 26.8. The van der Waals surface area contributed by atoms with Crippen molar-refractivity contribution in [3.05, 3.63) is 120 Å². The van der Waals surface area contributed by atoms with Crippen molar-refractivity contribution >= 4 is 66.0 Å². The zero-order valence-corrected chi connectivity index (χ0v) is 21.8. The molecule has 0 amide bonds. The van der Waals surface area contributed by atoms with Gasteiger partial charge in [0.25, 0.3) is 0 Å². The summed E-state index contributed by atoms with van der Waals surface area (Å²) in [5, 5.41) is 18.5. The van der Waals surface area contributed by atoms with Crippen LogP contribution in [0.1, 0.15) is 5.69 Å². The van der Waals surface area contributed by atoms with E-state index in [4.69, 9.17) is 16.0 Å². The van der Waals surface area contributed by atoms with Gasteiger partial charge in [-0.1, -0.05) is 97.1 Å². The molecule has 5 heteroatoms. The minimum absolute atomic E-state index is 0.0109. The van der Waals surface area contributed by atoms with E-state index in [1.807, 2.05) is 18.2 Å². The minimum Gasteiger partial charge on any atom is -0.437 e. The summed E-state index contributed by atoms with van der Waals surface area (Å²) >= 11 is 6.05. The van der Waals surface area contributed by atoms with Crippen LogP contribution in [0.2, 0.25) is 5.28 Å². The molecule has 0 aliphatic heterocycles. The maximum absolute atomic E-state index is 9.65. The van der Waals surface area contributed by atoms with Gasteiger partial charge in [-0.25, -0.2) is 4.98 Å². The van der Waals surface area contributed by atoms with Crippen molar-refractivity contribution in [1.82, 2.24) is 9.97 Å². The van der Waals surface area contributed by atoms with Gasteiger partial charge in [0.1, 0.15) is 11.7 Å². The van der Waals surface area contributed by atoms with E-state index < -0.39 is 0 Å². The molecule has 0 radical (unpaired) electrons. The number of hydrogen-bond acceptors (Lipinski definition) is 4. The number of halogens is 1. The number of nitrogens with zero attached hydrogens (tertiary/aromatic N) is 3. The fourth-order valence-corrected chi connectivity index (χ4v) is 6.09. The van der Waals surface area contributed by atoms with Crippen LogP contribution in [0.15, 0.2) is 114 Å². The molecular weight excluding hydrogens is 514 g/mol. The third-order valence-electron chi connectivity index (χ3n) is 7.69. The Morgan fingerprint density at radius 2 is 1.18 bits per heavy atom. The number of nitriles is 1. The van der Waals surface area contributed by atoms with Crippen LogP contribution in [0.5, 0.6) is 0 Å². The topological polar surface area (TPSA) is 62.7 Å². The first kappa shape index (κ1) is 22.7. The molecule has 8 aromatic rings. The molecule has 6 aromatic carbocycles. The molecule has 8 rings (SSSR count). The first-order valence-corrected chi connectivity index (χ1v) is 13.3. The Balaban J connectivity index is 1.33. The summed E-state index contributed by atoms with van der Waals surface area (Å²) in [5.41, 5.74) is 5.32. The summed E-state index contributed by atoms with van der Waals surface area (Å²) in [5.74, 6) is 0. The Bertz CT molecular complexity index is 2330. The average molecular weight is 532 g/mol. The summed E-state index contributed by atoms with van der Waals surface area (Å²) in [7, 11) is 0. The summed E-state index contributed by atoms with van der Waals surface area (Å²) < 4.78 is 6.17. The van der Waals surface area contributed by atoms with E-state index >= 15 is 0 Å². The molecule has 0 saturated carbocycles. The number of fused-ring (bicyclic) bond motifs is 9. The predicted octanol–water partition coefficient (Wildman–Crippen LogP) is 9.69. The Hall–Kier alpha value is -5.24. The number of furan rings is 1. The zero-order valence-electron chi connectivity index (χ0n) is 21.0. The summed E-state index contributed by atoms with van der Waals surface area (Å²) in [4.78, 5) is 8.33. The molecule has 0 saturated heterocycles. The SMILES string of the molecule is N#Cc1nc(Cl)nc2oc3c(-c4cccc(-c5ccc6c7ccccc7c7ccccc7c6c5)c4)cccc3c12. The smallest absolute Gasteiger partial charge is 0.233 e. The molecule has 0 fully saturated rings. The number of rotatable bonds is 2. The molecule has 0 N–H and O–H groups in total. The molecule has 0 spiro atoms. The van der Waals surface area contributed by atoms with Gasteiger partial charge >= 0.3 is 0 Å². The van der Waals surface area contributed by atoms with Crippen LogP contribution in [-0.4, -0.2) is 9.97 Å². The molecular formula is C35H18ClN3O. The standard InChI is InChI=1S/C35H18ClN3O/c36-35-38-31(19-37)32-29-14-6-13-23(33(29)40-34(32)39-35)22-8-5-7-20(17-22)21-15-16-28-26-11-2-1-9-24(26)25-10-3-4-12-27(25)30(28)18-21/h1-18H. The fourth-order valence-electron chi connectivity index (χ4n) is 5.93. The highest BCUT2D eigenvalue weighted by Crippen LogP contribution is 2.40. The molecule has 0 atom stereocenters. The van der Waals surface area contributed by atoms with E-state index in [9.17, 15) is 5.26 Å². The normalized spacial score (nSPS) is 11.6. The summed E-state index contributed by atoms with van der Waals surface area (Å²) in [6.45, 7) is 0. The number of para-hydroxylation sites is 1.